The molecule has 0 aliphatic carbocycles. The van der Waals surface area contributed by atoms with Gasteiger partial charge in [0, 0.05) is 0 Å². The molecule has 1 rings (SSSR count). The van der Waals surface area contributed by atoms with Gasteiger partial charge < -0.3 is 0 Å². The summed E-state index contributed by atoms with van der Waals surface area (Å²) in [6, 6.07) is 0. The minimum atomic E-state index is -0.292. The number of carbonyl (C=O) groups excluding carboxylic acids is 2. The van der Waals surface area contributed by atoms with Crippen LogP contribution in [-0.4, -0.2) is 16.1 Å². The van der Waals surface area contributed by atoms with E-state index in [0.29, 0.717) is 0 Å². The van der Waals surface area contributed by atoms with Gasteiger partial charge in [-0.25, -0.2) is 0 Å². The standard InChI is InChI=1S/C4H4O2S/c1-2(5)3-4(6)7-3/h3H,1H3/t3-/m0/s1. The van der Waals surface area contributed by atoms with Crippen LogP contribution in [0.1, 0.15) is 6.92 Å². The molecule has 1 heterocycles. The Bertz CT molecular complexity index is 130. The van der Waals surface area contributed by atoms with Crippen LogP contribution in [0, 0.1) is 0 Å². The fourth-order valence-corrected chi connectivity index (χ4v) is 0.827. The summed E-state index contributed by atoms with van der Waals surface area (Å²) < 4.78 is 0. The Morgan fingerprint density at radius 1 is 1.86 bits per heavy atom. The summed E-state index contributed by atoms with van der Waals surface area (Å²) in [5.41, 5.74) is 0. The number of carbonyl (C=O) groups is 2. The number of hydrogen-bond acceptors (Lipinski definition) is 3. The number of hydrogen-bond donors (Lipinski definition) is 0. The van der Waals surface area contributed by atoms with E-state index in [1.807, 2.05) is 0 Å². The molecule has 0 bridgehead atoms. The van der Waals surface area contributed by atoms with Gasteiger partial charge >= 0.3 is 0 Å². The molecule has 1 aliphatic rings. The lowest BCUT2D eigenvalue weighted by molar-refractivity contribution is -0.119. The van der Waals surface area contributed by atoms with Crippen molar-refractivity contribution in [2.24, 2.45) is 0 Å². The topological polar surface area (TPSA) is 34.1 Å². The first kappa shape index (κ1) is 4.84. The van der Waals surface area contributed by atoms with Crippen LogP contribution in [0.2, 0.25) is 0 Å². The summed E-state index contributed by atoms with van der Waals surface area (Å²) >= 11 is 1.11. The molecule has 0 spiro atoms. The SMILES string of the molecule is CC(=O)[C@@H]1SC1=O. The van der Waals surface area contributed by atoms with E-state index < -0.39 is 0 Å². The maximum absolute atomic E-state index is 10.2. The Kier molecular flexibility index (Phi) is 0.922. The summed E-state index contributed by atoms with van der Waals surface area (Å²) in [5.74, 6) is -0.0185. The van der Waals surface area contributed by atoms with Crippen molar-refractivity contribution >= 4 is 22.7 Å². The van der Waals surface area contributed by atoms with E-state index in [9.17, 15) is 9.59 Å². The molecule has 1 fully saturated rings. The van der Waals surface area contributed by atoms with Crippen LogP contribution in [0.25, 0.3) is 0 Å². The minimum Gasteiger partial charge on any atom is -0.298 e. The molecule has 0 aromatic carbocycles. The van der Waals surface area contributed by atoms with Gasteiger partial charge in [0.15, 0.2) is 5.78 Å². The fourth-order valence-electron chi connectivity index (χ4n) is 0.331. The zero-order valence-electron chi connectivity index (χ0n) is 3.80. The van der Waals surface area contributed by atoms with Crippen molar-refractivity contribution in [2.75, 3.05) is 0 Å². The molecule has 0 aromatic rings. The third-order valence-corrected chi connectivity index (χ3v) is 1.76. The smallest absolute Gasteiger partial charge is 0.211 e. The molecular weight excluding hydrogens is 112 g/mol. The van der Waals surface area contributed by atoms with Crippen molar-refractivity contribution in [1.29, 1.82) is 0 Å². The Balaban J connectivity index is 2.48. The molecule has 0 radical (unpaired) electrons. The van der Waals surface area contributed by atoms with Gasteiger partial charge in [-0.15, -0.1) is 0 Å². The number of ketones is 1. The average molecular weight is 116 g/mol. The summed E-state index contributed by atoms with van der Waals surface area (Å²) in [7, 11) is 0. The van der Waals surface area contributed by atoms with Gasteiger partial charge in [0.2, 0.25) is 5.12 Å². The summed E-state index contributed by atoms with van der Waals surface area (Å²) in [6.07, 6.45) is 0. The maximum atomic E-state index is 10.2. The molecule has 0 amide bonds. The van der Waals surface area contributed by atoms with E-state index in [1.165, 1.54) is 6.92 Å². The number of Topliss-reactive ketones (excluding diaryl/α,β-unsaturated/α-hetero) is 1. The van der Waals surface area contributed by atoms with Crippen LogP contribution in [0.4, 0.5) is 0 Å². The lowest BCUT2D eigenvalue weighted by Crippen LogP contribution is -1.98. The first-order valence-electron chi connectivity index (χ1n) is 1.93. The highest BCUT2D eigenvalue weighted by Crippen LogP contribution is 2.32. The second kappa shape index (κ2) is 1.33. The summed E-state index contributed by atoms with van der Waals surface area (Å²) in [5, 5.41) is -0.271. The molecule has 7 heavy (non-hydrogen) atoms. The van der Waals surface area contributed by atoms with Crippen molar-refractivity contribution in [2.45, 2.75) is 12.2 Å². The van der Waals surface area contributed by atoms with E-state index in [1.54, 1.807) is 0 Å². The second-order valence-corrected chi connectivity index (χ2v) is 2.54. The Labute approximate surface area is 45.3 Å². The van der Waals surface area contributed by atoms with E-state index in [4.69, 9.17) is 0 Å². The van der Waals surface area contributed by atoms with E-state index in [2.05, 4.69) is 0 Å². The molecule has 0 saturated carbocycles. The van der Waals surface area contributed by atoms with E-state index >= 15 is 0 Å². The van der Waals surface area contributed by atoms with Gasteiger partial charge in [-0.05, 0) is 6.92 Å². The summed E-state index contributed by atoms with van der Waals surface area (Å²) in [6.45, 7) is 1.43. The zero-order chi connectivity index (χ0) is 5.44. The molecular formula is C4H4O2S. The molecule has 1 atom stereocenters. The van der Waals surface area contributed by atoms with Crippen LogP contribution in [0.15, 0.2) is 0 Å². The first-order chi connectivity index (χ1) is 3.22. The fraction of sp³-hybridized carbons (Fsp3) is 0.500. The number of thioether (sulfide) groups is 1. The summed E-state index contributed by atoms with van der Waals surface area (Å²) in [4.78, 5) is 20.2. The second-order valence-electron chi connectivity index (χ2n) is 1.43. The molecule has 2 nitrogen and oxygen atoms in total. The van der Waals surface area contributed by atoms with Crippen LogP contribution in [-0.2, 0) is 9.59 Å². The molecule has 38 valence electrons. The Hall–Kier alpha value is -0.310. The van der Waals surface area contributed by atoms with Gasteiger partial charge in [-0.1, -0.05) is 11.8 Å². The predicted octanol–water partition coefficient (Wildman–Crippen LogP) is 0.217. The highest BCUT2D eigenvalue weighted by atomic mass is 32.2. The van der Waals surface area contributed by atoms with Crippen LogP contribution >= 0.6 is 11.8 Å². The highest BCUT2D eigenvalue weighted by Gasteiger charge is 2.40. The molecule has 0 aromatic heterocycles. The predicted molar refractivity (Wildman–Crippen MR) is 27.1 cm³/mol. The third-order valence-electron chi connectivity index (χ3n) is 0.760. The molecule has 0 unspecified atom stereocenters. The lowest BCUT2D eigenvalue weighted by atomic mass is 10.3. The normalized spacial score (nSPS) is 27.6. The molecule has 1 aliphatic heterocycles. The van der Waals surface area contributed by atoms with Crippen molar-refractivity contribution in [3.63, 3.8) is 0 Å². The van der Waals surface area contributed by atoms with Gasteiger partial charge in [-0.3, -0.25) is 9.59 Å². The minimum absolute atomic E-state index is 0.0185. The van der Waals surface area contributed by atoms with Crippen molar-refractivity contribution in [3.05, 3.63) is 0 Å². The number of rotatable bonds is 1. The quantitative estimate of drug-likeness (QED) is 0.363. The van der Waals surface area contributed by atoms with Crippen molar-refractivity contribution in [1.82, 2.24) is 0 Å². The van der Waals surface area contributed by atoms with Gasteiger partial charge in [-0.2, -0.15) is 0 Å². The monoisotopic (exact) mass is 116 g/mol. The first-order valence-corrected chi connectivity index (χ1v) is 2.81. The largest absolute Gasteiger partial charge is 0.298 e. The van der Waals surface area contributed by atoms with Crippen molar-refractivity contribution < 1.29 is 9.59 Å². The molecule has 0 N–H and O–H groups in total. The maximum Gasteiger partial charge on any atom is 0.211 e. The lowest BCUT2D eigenvalue weighted by Gasteiger charge is -1.71. The van der Waals surface area contributed by atoms with Crippen LogP contribution in [0.3, 0.4) is 0 Å². The van der Waals surface area contributed by atoms with Gasteiger partial charge in [0.1, 0.15) is 5.25 Å². The Morgan fingerprint density at radius 2 is 2.29 bits per heavy atom. The van der Waals surface area contributed by atoms with E-state index in [-0.39, 0.29) is 16.1 Å². The highest BCUT2D eigenvalue weighted by molar-refractivity contribution is 8.26. The Morgan fingerprint density at radius 3 is 2.29 bits per heavy atom. The zero-order valence-corrected chi connectivity index (χ0v) is 4.62. The van der Waals surface area contributed by atoms with Crippen molar-refractivity contribution in [3.8, 4) is 0 Å². The van der Waals surface area contributed by atoms with Gasteiger partial charge in [0.25, 0.3) is 0 Å². The van der Waals surface area contributed by atoms with Crippen LogP contribution < -0.4 is 0 Å². The molecule has 1 saturated heterocycles. The van der Waals surface area contributed by atoms with E-state index in [0.717, 1.165) is 11.8 Å². The molecule has 3 heteroatoms. The van der Waals surface area contributed by atoms with Gasteiger partial charge in [0.05, 0.1) is 0 Å². The third kappa shape index (κ3) is 0.825. The average Bonchev–Trinajstić information content (AvgIpc) is 2.17. The van der Waals surface area contributed by atoms with Crippen LogP contribution in [0.5, 0.6) is 0 Å².